The predicted octanol–water partition coefficient (Wildman–Crippen LogP) is 3.25. The van der Waals surface area contributed by atoms with Crippen molar-refractivity contribution in [1.29, 1.82) is 0 Å². The zero-order chi connectivity index (χ0) is 17.7. The second kappa shape index (κ2) is 14.2. The first kappa shape index (κ1) is 23.2. The van der Waals surface area contributed by atoms with Crippen LogP contribution in [0.5, 0.6) is 0 Å². The lowest BCUT2D eigenvalue weighted by Crippen LogP contribution is -2.49. The molecule has 1 fully saturated rings. The molecule has 6 heteroatoms. The van der Waals surface area contributed by atoms with Crippen LogP contribution in [0.2, 0.25) is 0 Å². The molecule has 0 saturated carbocycles. The van der Waals surface area contributed by atoms with E-state index in [9.17, 15) is 0 Å². The molecule has 0 spiro atoms. The molecule has 1 aromatic carbocycles. The van der Waals surface area contributed by atoms with Crippen LogP contribution in [0.25, 0.3) is 0 Å². The van der Waals surface area contributed by atoms with Crippen molar-refractivity contribution in [2.75, 3.05) is 39.9 Å². The number of nitrogens with zero attached hydrogens (tertiary/aromatic N) is 2. The molecule has 1 aliphatic rings. The summed E-state index contributed by atoms with van der Waals surface area (Å²) in [5.74, 6) is 0.890. The molecule has 1 atom stereocenters. The predicted molar refractivity (Wildman–Crippen MR) is 120 cm³/mol. The lowest BCUT2D eigenvalue weighted by atomic mass is 10.0. The van der Waals surface area contributed by atoms with Gasteiger partial charge in [0.15, 0.2) is 5.96 Å². The lowest BCUT2D eigenvalue weighted by Gasteiger charge is -2.36. The fraction of sp³-hybridized carbons (Fsp3) is 0.650. The average molecular weight is 474 g/mol. The number of aliphatic imine (C=N–C) groups is 1. The van der Waals surface area contributed by atoms with Gasteiger partial charge < -0.3 is 15.4 Å². The molecular formula is C20H35IN4O. The number of hydrogen-bond donors (Lipinski definition) is 2. The van der Waals surface area contributed by atoms with Gasteiger partial charge in [-0.25, -0.2) is 0 Å². The first-order valence-electron chi connectivity index (χ1n) is 9.63. The Labute approximate surface area is 176 Å². The van der Waals surface area contributed by atoms with Crippen LogP contribution in [0.3, 0.4) is 0 Å². The minimum absolute atomic E-state index is 0. The van der Waals surface area contributed by atoms with Gasteiger partial charge in [-0.2, -0.15) is 0 Å². The third kappa shape index (κ3) is 8.68. The van der Waals surface area contributed by atoms with E-state index < -0.39 is 0 Å². The van der Waals surface area contributed by atoms with Gasteiger partial charge in [0.1, 0.15) is 0 Å². The van der Waals surface area contributed by atoms with Crippen molar-refractivity contribution in [2.24, 2.45) is 4.99 Å². The lowest BCUT2D eigenvalue weighted by molar-refractivity contribution is 0.141. The van der Waals surface area contributed by atoms with Crippen LogP contribution in [0.15, 0.2) is 35.3 Å². The van der Waals surface area contributed by atoms with Crippen molar-refractivity contribution < 1.29 is 4.74 Å². The number of nitrogens with one attached hydrogen (secondary N) is 2. The van der Waals surface area contributed by atoms with E-state index >= 15 is 0 Å². The zero-order valence-electron chi connectivity index (χ0n) is 16.2. The molecule has 1 saturated heterocycles. The summed E-state index contributed by atoms with van der Waals surface area (Å²) < 4.78 is 5.37. The standard InChI is InChI=1S/C20H34N4O.HI/c1-3-25-15-9-13-22-20(21-2)23-16-19-12-7-8-14-24(19)17-18-10-5-4-6-11-18;/h4-6,10-11,19H,3,7-9,12-17H2,1-2H3,(H2,21,22,23);1H. The highest BCUT2D eigenvalue weighted by molar-refractivity contribution is 14.0. The number of benzene rings is 1. The fourth-order valence-corrected chi connectivity index (χ4v) is 3.28. The molecule has 2 N–H and O–H groups in total. The van der Waals surface area contributed by atoms with Gasteiger partial charge in [0, 0.05) is 45.9 Å². The summed E-state index contributed by atoms with van der Waals surface area (Å²) in [4.78, 5) is 6.94. The van der Waals surface area contributed by atoms with Gasteiger partial charge in [0.05, 0.1) is 0 Å². The van der Waals surface area contributed by atoms with Crippen LogP contribution < -0.4 is 10.6 Å². The van der Waals surface area contributed by atoms with Crippen LogP contribution in [0.4, 0.5) is 0 Å². The SMILES string of the molecule is CCOCCCNC(=NC)NCC1CCCCN1Cc1ccccc1.I. The summed E-state index contributed by atoms with van der Waals surface area (Å²) in [6.07, 6.45) is 4.87. The molecule has 1 heterocycles. The Morgan fingerprint density at radius 1 is 1.23 bits per heavy atom. The molecule has 0 amide bonds. The maximum absolute atomic E-state index is 5.37. The van der Waals surface area contributed by atoms with Crippen molar-refractivity contribution in [1.82, 2.24) is 15.5 Å². The molecule has 1 aromatic rings. The van der Waals surface area contributed by atoms with Crippen molar-refractivity contribution >= 4 is 29.9 Å². The van der Waals surface area contributed by atoms with Crippen molar-refractivity contribution in [3.05, 3.63) is 35.9 Å². The van der Waals surface area contributed by atoms with E-state index in [1.54, 1.807) is 0 Å². The molecule has 0 aromatic heterocycles. The first-order chi connectivity index (χ1) is 12.3. The number of piperidine rings is 1. The first-order valence-corrected chi connectivity index (χ1v) is 9.63. The Hall–Kier alpha value is -0.860. The van der Waals surface area contributed by atoms with Crippen molar-refractivity contribution in [3.63, 3.8) is 0 Å². The van der Waals surface area contributed by atoms with E-state index in [2.05, 4.69) is 50.9 Å². The molecule has 0 bridgehead atoms. The largest absolute Gasteiger partial charge is 0.382 e. The molecule has 2 rings (SSSR count). The summed E-state index contributed by atoms with van der Waals surface area (Å²) in [5, 5.41) is 6.88. The van der Waals surface area contributed by atoms with E-state index in [0.29, 0.717) is 6.04 Å². The van der Waals surface area contributed by atoms with Crippen LogP contribution in [-0.4, -0.2) is 56.8 Å². The summed E-state index contributed by atoms with van der Waals surface area (Å²) >= 11 is 0. The Morgan fingerprint density at radius 2 is 2.04 bits per heavy atom. The molecule has 148 valence electrons. The maximum atomic E-state index is 5.37. The second-order valence-electron chi connectivity index (χ2n) is 6.54. The highest BCUT2D eigenvalue weighted by Crippen LogP contribution is 2.19. The van der Waals surface area contributed by atoms with Crippen LogP contribution in [0.1, 0.15) is 38.2 Å². The number of rotatable bonds is 9. The van der Waals surface area contributed by atoms with Gasteiger partial charge >= 0.3 is 0 Å². The molecule has 0 aliphatic carbocycles. The van der Waals surface area contributed by atoms with Gasteiger partial charge in [0.25, 0.3) is 0 Å². The Kier molecular flexibility index (Phi) is 12.7. The van der Waals surface area contributed by atoms with Crippen molar-refractivity contribution in [2.45, 2.75) is 45.2 Å². The number of guanidine groups is 1. The van der Waals surface area contributed by atoms with E-state index in [-0.39, 0.29) is 24.0 Å². The summed E-state index contributed by atoms with van der Waals surface area (Å²) in [6.45, 7) is 7.66. The highest BCUT2D eigenvalue weighted by atomic mass is 127. The van der Waals surface area contributed by atoms with Gasteiger partial charge in [0.2, 0.25) is 0 Å². The van der Waals surface area contributed by atoms with Gasteiger partial charge in [-0.05, 0) is 38.3 Å². The van der Waals surface area contributed by atoms with E-state index in [1.807, 2.05) is 14.0 Å². The summed E-state index contributed by atoms with van der Waals surface area (Å²) in [5.41, 5.74) is 1.40. The quantitative estimate of drug-likeness (QED) is 0.250. The monoisotopic (exact) mass is 474 g/mol. The number of likely N-dealkylation sites (tertiary alicyclic amines) is 1. The van der Waals surface area contributed by atoms with Crippen LogP contribution in [-0.2, 0) is 11.3 Å². The molecule has 1 unspecified atom stereocenters. The van der Waals surface area contributed by atoms with Gasteiger partial charge in [-0.15, -0.1) is 24.0 Å². The molecular weight excluding hydrogens is 439 g/mol. The van der Waals surface area contributed by atoms with E-state index in [4.69, 9.17) is 4.74 Å². The molecule has 5 nitrogen and oxygen atoms in total. The average Bonchev–Trinajstić information content (AvgIpc) is 2.66. The van der Waals surface area contributed by atoms with E-state index in [0.717, 1.165) is 45.2 Å². The number of hydrogen-bond acceptors (Lipinski definition) is 3. The highest BCUT2D eigenvalue weighted by Gasteiger charge is 2.22. The third-order valence-corrected chi connectivity index (χ3v) is 4.67. The topological polar surface area (TPSA) is 48.9 Å². The van der Waals surface area contributed by atoms with Gasteiger partial charge in [-0.3, -0.25) is 9.89 Å². The number of ether oxygens (including phenoxy) is 1. The molecule has 1 aliphatic heterocycles. The molecule has 0 radical (unpaired) electrons. The van der Waals surface area contributed by atoms with Crippen LogP contribution >= 0.6 is 24.0 Å². The van der Waals surface area contributed by atoms with Crippen molar-refractivity contribution in [3.8, 4) is 0 Å². The maximum Gasteiger partial charge on any atom is 0.191 e. The Balaban J connectivity index is 0.00000338. The third-order valence-electron chi connectivity index (χ3n) is 4.67. The Bertz CT molecular complexity index is 498. The van der Waals surface area contributed by atoms with E-state index in [1.165, 1.54) is 31.4 Å². The van der Waals surface area contributed by atoms with Gasteiger partial charge in [-0.1, -0.05) is 36.8 Å². The smallest absolute Gasteiger partial charge is 0.191 e. The normalized spacial score (nSPS) is 18.2. The fourth-order valence-electron chi connectivity index (χ4n) is 3.28. The summed E-state index contributed by atoms with van der Waals surface area (Å²) in [7, 11) is 1.83. The number of halogens is 1. The zero-order valence-corrected chi connectivity index (χ0v) is 18.6. The molecule has 26 heavy (non-hydrogen) atoms. The minimum Gasteiger partial charge on any atom is -0.382 e. The Morgan fingerprint density at radius 3 is 2.77 bits per heavy atom. The van der Waals surface area contributed by atoms with Crippen LogP contribution in [0, 0.1) is 0 Å². The summed E-state index contributed by atoms with van der Waals surface area (Å²) in [6, 6.07) is 11.3. The second-order valence-corrected chi connectivity index (χ2v) is 6.54. The minimum atomic E-state index is 0.